The fourth-order valence-electron chi connectivity index (χ4n) is 2.28. The number of amides is 1. The van der Waals surface area contributed by atoms with Crippen LogP contribution in [-0.2, 0) is 0 Å². The summed E-state index contributed by atoms with van der Waals surface area (Å²) in [6, 6.07) is 7.96. The molecule has 0 fully saturated rings. The number of hydrogen-bond acceptors (Lipinski definition) is 4. The van der Waals surface area contributed by atoms with E-state index >= 15 is 0 Å². The van der Waals surface area contributed by atoms with Crippen LogP contribution < -0.4 is 11.1 Å². The van der Waals surface area contributed by atoms with Gasteiger partial charge in [0.2, 0.25) is 0 Å². The van der Waals surface area contributed by atoms with E-state index in [1.54, 1.807) is 0 Å². The number of anilines is 1. The van der Waals surface area contributed by atoms with E-state index in [4.69, 9.17) is 5.73 Å². The Balaban J connectivity index is 2.23. The summed E-state index contributed by atoms with van der Waals surface area (Å²) >= 11 is 1.45. The molecule has 4 nitrogen and oxygen atoms in total. The summed E-state index contributed by atoms with van der Waals surface area (Å²) in [6.45, 7) is 5.04. The number of thiophene rings is 1. The van der Waals surface area contributed by atoms with Crippen molar-refractivity contribution in [1.29, 1.82) is 0 Å². The maximum atomic E-state index is 12.5. The Morgan fingerprint density at radius 2 is 2.00 bits per heavy atom. The fourth-order valence-corrected chi connectivity index (χ4v) is 3.31. The second-order valence-electron chi connectivity index (χ2n) is 5.93. The molecule has 0 saturated carbocycles. The zero-order valence-corrected chi connectivity index (χ0v) is 13.8. The third-order valence-corrected chi connectivity index (χ3v) is 4.71. The normalized spacial score (nSPS) is 13.0. The standard InChI is InChI=1S/C16H23N3OS/c1-10(2)12(9-19(3)4)18-16(20)15-14(17)11-7-5-6-8-13(11)21-15/h5-8,10,12H,9,17H2,1-4H3,(H,18,20). The Bertz CT molecular complexity index is 633. The molecule has 1 unspecified atom stereocenters. The first kappa shape index (κ1) is 15.8. The van der Waals surface area contributed by atoms with Crippen LogP contribution in [0.15, 0.2) is 24.3 Å². The Kier molecular flexibility index (Phi) is 4.85. The number of carbonyl (C=O) groups excluding carboxylic acids is 1. The van der Waals surface area contributed by atoms with Crippen molar-refractivity contribution in [2.75, 3.05) is 26.4 Å². The maximum absolute atomic E-state index is 12.5. The van der Waals surface area contributed by atoms with Gasteiger partial charge in [-0.25, -0.2) is 0 Å². The van der Waals surface area contributed by atoms with Crippen molar-refractivity contribution in [2.45, 2.75) is 19.9 Å². The van der Waals surface area contributed by atoms with Crippen LogP contribution in [0, 0.1) is 5.92 Å². The highest BCUT2D eigenvalue weighted by atomic mass is 32.1. The molecule has 3 N–H and O–H groups in total. The summed E-state index contributed by atoms with van der Waals surface area (Å²) in [5.41, 5.74) is 6.72. The van der Waals surface area contributed by atoms with Crippen LogP contribution >= 0.6 is 11.3 Å². The fraction of sp³-hybridized carbons (Fsp3) is 0.438. The third-order valence-electron chi connectivity index (χ3n) is 3.52. The van der Waals surface area contributed by atoms with E-state index < -0.39 is 0 Å². The minimum atomic E-state index is -0.0748. The minimum Gasteiger partial charge on any atom is -0.397 e. The number of rotatable bonds is 5. The first-order valence-corrected chi connectivity index (χ1v) is 7.94. The summed E-state index contributed by atoms with van der Waals surface area (Å²) in [5.74, 6) is 0.293. The molecule has 1 aromatic heterocycles. The van der Waals surface area contributed by atoms with Gasteiger partial charge in [-0.3, -0.25) is 4.79 Å². The Hall–Kier alpha value is -1.59. The van der Waals surface area contributed by atoms with Gasteiger partial charge in [-0.05, 0) is 26.1 Å². The first-order chi connectivity index (χ1) is 9.90. The lowest BCUT2D eigenvalue weighted by Gasteiger charge is -2.25. The molecule has 0 bridgehead atoms. The lowest BCUT2D eigenvalue weighted by molar-refractivity contribution is 0.0921. The van der Waals surface area contributed by atoms with E-state index in [0.717, 1.165) is 16.6 Å². The van der Waals surface area contributed by atoms with Gasteiger partial charge in [0, 0.05) is 22.7 Å². The van der Waals surface area contributed by atoms with Gasteiger partial charge < -0.3 is 16.0 Å². The van der Waals surface area contributed by atoms with E-state index in [0.29, 0.717) is 16.5 Å². The van der Waals surface area contributed by atoms with Crippen molar-refractivity contribution in [1.82, 2.24) is 10.2 Å². The molecule has 0 spiro atoms. The van der Waals surface area contributed by atoms with Gasteiger partial charge in [-0.1, -0.05) is 32.0 Å². The number of nitrogens with one attached hydrogen (secondary N) is 1. The van der Waals surface area contributed by atoms with E-state index in [2.05, 4.69) is 24.1 Å². The van der Waals surface area contributed by atoms with Gasteiger partial charge in [0.05, 0.1) is 5.69 Å². The third kappa shape index (κ3) is 3.54. The SMILES string of the molecule is CC(C)C(CN(C)C)NC(=O)c1sc2ccccc2c1N. The van der Waals surface area contributed by atoms with Gasteiger partial charge in [0.15, 0.2) is 0 Å². The van der Waals surface area contributed by atoms with Crippen LogP contribution in [-0.4, -0.2) is 37.5 Å². The summed E-state index contributed by atoms with van der Waals surface area (Å²) in [6.07, 6.45) is 0. The molecule has 0 aliphatic carbocycles. The number of nitrogens with zero attached hydrogens (tertiary/aromatic N) is 1. The van der Waals surface area contributed by atoms with E-state index in [1.807, 2.05) is 38.4 Å². The van der Waals surface area contributed by atoms with Crippen molar-refractivity contribution in [3.8, 4) is 0 Å². The lowest BCUT2D eigenvalue weighted by Crippen LogP contribution is -2.44. The van der Waals surface area contributed by atoms with Crippen molar-refractivity contribution in [2.24, 2.45) is 5.92 Å². The molecule has 0 saturated heterocycles. The number of nitrogen functional groups attached to an aromatic ring is 1. The van der Waals surface area contributed by atoms with Crippen LogP contribution in [0.25, 0.3) is 10.1 Å². The summed E-state index contributed by atoms with van der Waals surface area (Å²) in [5, 5.41) is 4.08. The van der Waals surface area contributed by atoms with Gasteiger partial charge >= 0.3 is 0 Å². The molecular weight excluding hydrogens is 282 g/mol. The highest BCUT2D eigenvalue weighted by molar-refractivity contribution is 7.21. The molecule has 0 radical (unpaired) electrons. The van der Waals surface area contributed by atoms with Crippen LogP contribution in [0.4, 0.5) is 5.69 Å². The minimum absolute atomic E-state index is 0.0748. The second-order valence-corrected chi connectivity index (χ2v) is 6.98. The van der Waals surface area contributed by atoms with Crippen LogP contribution in [0.1, 0.15) is 23.5 Å². The Labute approximate surface area is 129 Å². The number of carbonyl (C=O) groups is 1. The topological polar surface area (TPSA) is 58.4 Å². The zero-order chi connectivity index (χ0) is 15.6. The summed E-state index contributed by atoms with van der Waals surface area (Å²) in [4.78, 5) is 15.2. The molecule has 2 aromatic rings. The Morgan fingerprint density at radius 1 is 1.33 bits per heavy atom. The highest BCUT2D eigenvalue weighted by Crippen LogP contribution is 2.33. The number of nitrogens with two attached hydrogens (primary N) is 1. The van der Waals surface area contributed by atoms with Crippen LogP contribution in [0.3, 0.4) is 0 Å². The monoisotopic (exact) mass is 305 g/mol. The Morgan fingerprint density at radius 3 is 2.57 bits per heavy atom. The highest BCUT2D eigenvalue weighted by Gasteiger charge is 2.21. The van der Waals surface area contributed by atoms with Crippen LogP contribution in [0.5, 0.6) is 0 Å². The van der Waals surface area contributed by atoms with E-state index in [1.165, 1.54) is 11.3 Å². The molecule has 1 amide bonds. The van der Waals surface area contributed by atoms with E-state index in [-0.39, 0.29) is 11.9 Å². The number of fused-ring (bicyclic) bond motifs is 1. The van der Waals surface area contributed by atoms with Gasteiger partial charge in [-0.2, -0.15) is 0 Å². The molecular formula is C16H23N3OS. The molecule has 1 aromatic carbocycles. The average Bonchev–Trinajstić information content (AvgIpc) is 2.75. The molecule has 21 heavy (non-hydrogen) atoms. The molecule has 0 aliphatic rings. The van der Waals surface area contributed by atoms with Crippen molar-refractivity contribution < 1.29 is 4.79 Å². The van der Waals surface area contributed by atoms with Gasteiger partial charge in [0.25, 0.3) is 5.91 Å². The molecule has 0 aliphatic heterocycles. The number of hydrogen-bond donors (Lipinski definition) is 2. The molecule has 2 rings (SSSR count). The summed E-state index contributed by atoms with van der Waals surface area (Å²) < 4.78 is 1.05. The largest absolute Gasteiger partial charge is 0.397 e. The maximum Gasteiger partial charge on any atom is 0.263 e. The first-order valence-electron chi connectivity index (χ1n) is 7.12. The quantitative estimate of drug-likeness (QED) is 0.893. The van der Waals surface area contributed by atoms with Crippen molar-refractivity contribution >= 4 is 33.0 Å². The summed E-state index contributed by atoms with van der Waals surface area (Å²) in [7, 11) is 4.02. The van der Waals surface area contributed by atoms with Gasteiger partial charge in [0.1, 0.15) is 4.88 Å². The molecule has 114 valence electrons. The molecule has 1 heterocycles. The average molecular weight is 305 g/mol. The van der Waals surface area contributed by atoms with Crippen molar-refractivity contribution in [3.63, 3.8) is 0 Å². The zero-order valence-electron chi connectivity index (χ0n) is 13.0. The van der Waals surface area contributed by atoms with E-state index in [9.17, 15) is 4.79 Å². The van der Waals surface area contributed by atoms with Crippen molar-refractivity contribution in [3.05, 3.63) is 29.1 Å². The second kappa shape index (κ2) is 6.45. The van der Waals surface area contributed by atoms with Gasteiger partial charge in [-0.15, -0.1) is 11.3 Å². The van der Waals surface area contributed by atoms with Crippen LogP contribution in [0.2, 0.25) is 0 Å². The predicted octanol–water partition coefficient (Wildman–Crippen LogP) is 2.80. The lowest BCUT2D eigenvalue weighted by atomic mass is 10.0. The molecule has 1 atom stereocenters. The molecule has 5 heteroatoms. The predicted molar refractivity (Wildman–Crippen MR) is 90.9 cm³/mol. The number of likely N-dealkylation sites (N-methyl/N-ethyl adjacent to an activating group) is 1. The number of benzene rings is 1. The smallest absolute Gasteiger partial charge is 0.263 e.